The van der Waals surface area contributed by atoms with Gasteiger partial charge in [0.25, 0.3) is 0 Å². The molecule has 0 aliphatic rings. The van der Waals surface area contributed by atoms with Gasteiger partial charge in [-0.2, -0.15) is 0 Å². The quantitative estimate of drug-likeness (QED) is 0.838. The first-order chi connectivity index (χ1) is 8.69. The van der Waals surface area contributed by atoms with Crippen molar-refractivity contribution in [2.24, 2.45) is 0 Å². The largest absolute Gasteiger partial charge is 0.392 e. The van der Waals surface area contributed by atoms with Crippen LogP contribution in [0.5, 0.6) is 0 Å². The van der Waals surface area contributed by atoms with Crippen LogP contribution >= 0.6 is 23.1 Å². The first-order valence-electron chi connectivity index (χ1n) is 5.96. The predicted molar refractivity (Wildman–Crippen MR) is 78.1 cm³/mol. The van der Waals surface area contributed by atoms with E-state index in [1.54, 1.807) is 23.1 Å². The summed E-state index contributed by atoms with van der Waals surface area (Å²) in [6.45, 7) is 4.43. The molecule has 18 heavy (non-hydrogen) atoms. The first kappa shape index (κ1) is 13.6. The number of hydrogen-bond acceptors (Lipinski definition) is 4. The Hall–Kier alpha value is -0.840. The summed E-state index contributed by atoms with van der Waals surface area (Å²) >= 11 is 3.50. The average molecular weight is 279 g/mol. The van der Waals surface area contributed by atoms with Gasteiger partial charge in [0.2, 0.25) is 0 Å². The molecule has 0 spiro atoms. The van der Waals surface area contributed by atoms with Crippen LogP contribution in [0.3, 0.4) is 0 Å². The van der Waals surface area contributed by atoms with Gasteiger partial charge in [-0.1, -0.05) is 26.0 Å². The van der Waals surface area contributed by atoms with Crippen LogP contribution in [0, 0.1) is 0 Å². The lowest BCUT2D eigenvalue weighted by atomic mass is 10.2. The fourth-order valence-corrected chi connectivity index (χ4v) is 3.36. The molecule has 0 aliphatic heterocycles. The highest BCUT2D eigenvalue weighted by Gasteiger charge is 2.06. The molecule has 0 amide bonds. The van der Waals surface area contributed by atoms with Crippen molar-refractivity contribution < 1.29 is 5.11 Å². The number of aliphatic hydroxyl groups excluding tert-OH is 1. The van der Waals surface area contributed by atoms with Crippen molar-refractivity contribution in [3.8, 4) is 0 Å². The SMILES string of the molecule is CC(C)c1nc(CSc2cccc(CO)c2)cs1. The monoisotopic (exact) mass is 279 g/mol. The number of aromatic nitrogens is 1. The van der Waals surface area contributed by atoms with E-state index in [0.29, 0.717) is 5.92 Å². The molecule has 96 valence electrons. The van der Waals surface area contributed by atoms with Gasteiger partial charge in [0.15, 0.2) is 0 Å². The molecule has 2 rings (SSSR count). The van der Waals surface area contributed by atoms with Crippen LogP contribution in [0.4, 0.5) is 0 Å². The molecule has 0 saturated carbocycles. The van der Waals surface area contributed by atoms with Crippen molar-refractivity contribution >= 4 is 23.1 Å². The second kappa shape index (κ2) is 6.36. The topological polar surface area (TPSA) is 33.1 Å². The van der Waals surface area contributed by atoms with Crippen LogP contribution in [-0.4, -0.2) is 10.1 Å². The number of benzene rings is 1. The van der Waals surface area contributed by atoms with Gasteiger partial charge in [-0.15, -0.1) is 23.1 Å². The summed E-state index contributed by atoms with van der Waals surface area (Å²) < 4.78 is 0. The van der Waals surface area contributed by atoms with E-state index in [1.165, 1.54) is 9.90 Å². The normalized spacial score (nSPS) is 11.1. The predicted octanol–water partition coefficient (Wildman–Crippen LogP) is 4.05. The molecule has 4 heteroatoms. The van der Waals surface area contributed by atoms with Crippen molar-refractivity contribution in [3.05, 3.63) is 45.9 Å². The van der Waals surface area contributed by atoms with Crippen molar-refractivity contribution in [3.63, 3.8) is 0 Å². The molecule has 1 heterocycles. The summed E-state index contributed by atoms with van der Waals surface area (Å²) in [6, 6.07) is 8.01. The molecule has 2 aromatic rings. The third kappa shape index (κ3) is 3.57. The standard InChI is InChI=1S/C14H17NOS2/c1-10(2)14-15-12(9-18-14)8-17-13-5-3-4-11(6-13)7-16/h3-6,9-10,16H,7-8H2,1-2H3. The van der Waals surface area contributed by atoms with E-state index in [2.05, 4.69) is 30.3 Å². The fraction of sp³-hybridized carbons (Fsp3) is 0.357. The molecule has 0 bridgehead atoms. The Labute approximate surface area is 116 Å². The number of thioether (sulfide) groups is 1. The van der Waals surface area contributed by atoms with Crippen molar-refractivity contribution in [1.29, 1.82) is 0 Å². The van der Waals surface area contributed by atoms with Crippen LogP contribution in [0.25, 0.3) is 0 Å². The number of hydrogen-bond donors (Lipinski definition) is 1. The lowest BCUT2D eigenvalue weighted by molar-refractivity contribution is 0.281. The maximum atomic E-state index is 9.09. The van der Waals surface area contributed by atoms with Gasteiger partial charge in [-0.05, 0) is 17.7 Å². The zero-order chi connectivity index (χ0) is 13.0. The molecule has 0 unspecified atom stereocenters. The smallest absolute Gasteiger partial charge is 0.0954 e. The van der Waals surface area contributed by atoms with Crippen LogP contribution in [0.15, 0.2) is 34.5 Å². The fourth-order valence-electron chi connectivity index (χ4n) is 1.55. The minimum absolute atomic E-state index is 0.0998. The Morgan fingerprint density at radius 2 is 2.22 bits per heavy atom. The summed E-state index contributed by atoms with van der Waals surface area (Å²) in [5.41, 5.74) is 2.10. The van der Waals surface area contributed by atoms with Crippen LogP contribution in [0.1, 0.15) is 36.0 Å². The minimum atomic E-state index is 0.0998. The summed E-state index contributed by atoms with van der Waals surface area (Å²) in [5, 5.41) is 12.4. The van der Waals surface area contributed by atoms with Gasteiger partial charge in [0.1, 0.15) is 0 Å². The highest BCUT2D eigenvalue weighted by atomic mass is 32.2. The lowest BCUT2D eigenvalue weighted by Crippen LogP contribution is -1.87. The number of nitrogens with zero attached hydrogens (tertiary/aromatic N) is 1. The molecule has 1 aromatic carbocycles. The zero-order valence-electron chi connectivity index (χ0n) is 10.6. The van der Waals surface area contributed by atoms with Crippen molar-refractivity contribution in [2.45, 2.75) is 37.0 Å². The van der Waals surface area contributed by atoms with Crippen molar-refractivity contribution in [1.82, 2.24) is 4.98 Å². The average Bonchev–Trinajstić information content (AvgIpc) is 2.85. The maximum absolute atomic E-state index is 9.09. The summed E-state index contributed by atoms with van der Waals surface area (Å²) in [7, 11) is 0. The first-order valence-corrected chi connectivity index (χ1v) is 7.82. The van der Waals surface area contributed by atoms with Crippen LogP contribution in [-0.2, 0) is 12.4 Å². The minimum Gasteiger partial charge on any atom is -0.392 e. The summed E-state index contributed by atoms with van der Waals surface area (Å²) in [6.07, 6.45) is 0. The molecular weight excluding hydrogens is 262 g/mol. The lowest BCUT2D eigenvalue weighted by Gasteiger charge is -2.02. The molecule has 1 aromatic heterocycles. The molecule has 2 nitrogen and oxygen atoms in total. The van der Waals surface area contributed by atoms with E-state index in [9.17, 15) is 0 Å². The van der Waals surface area contributed by atoms with Gasteiger partial charge in [-0.3, -0.25) is 0 Å². The number of rotatable bonds is 5. The molecular formula is C14H17NOS2. The van der Waals surface area contributed by atoms with E-state index in [0.717, 1.165) is 17.0 Å². The molecule has 0 fully saturated rings. The van der Waals surface area contributed by atoms with E-state index < -0.39 is 0 Å². The van der Waals surface area contributed by atoms with Gasteiger partial charge in [0.05, 0.1) is 17.3 Å². The maximum Gasteiger partial charge on any atom is 0.0954 e. The molecule has 0 saturated heterocycles. The Kier molecular flexibility index (Phi) is 4.80. The Morgan fingerprint density at radius 3 is 2.89 bits per heavy atom. The third-order valence-electron chi connectivity index (χ3n) is 2.53. The highest BCUT2D eigenvalue weighted by Crippen LogP contribution is 2.26. The Bertz CT molecular complexity index is 508. The number of thiazole rings is 1. The second-order valence-corrected chi connectivity index (χ2v) is 6.36. The molecule has 0 atom stereocenters. The van der Waals surface area contributed by atoms with Gasteiger partial charge in [0, 0.05) is 21.9 Å². The molecule has 0 aliphatic carbocycles. The van der Waals surface area contributed by atoms with E-state index >= 15 is 0 Å². The van der Waals surface area contributed by atoms with E-state index in [1.807, 2.05) is 18.2 Å². The Balaban J connectivity index is 1.97. The van der Waals surface area contributed by atoms with E-state index in [-0.39, 0.29) is 6.61 Å². The second-order valence-electron chi connectivity index (χ2n) is 4.43. The number of aliphatic hydroxyl groups is 1. The Morgan fingerprint density at radius 1 is 1.39 bits per heavy atom. The molecule has 0 radical (unpaired) electrons. The third-order valence-corrected chi connectivity index (χ3v) is 4.75. The van der Waals surface area contributed by atoms with Crippen LogP contribution < -0.4 is 0 Å². The van der Waals surface area contributed by atoms with Gasteiger partial charge >= 0.3 is 0 Å². The summed E-state index contributed by atoms with van der Waals surface area (Å²) in [4.78, 5) is 5.80. The zero-order valence-corrected chi connectivity index (χ0v) is 12.2. The highest BCUT2D eigenvalue weighted by molar-refractivity contribution is 7.98. The molecule has 1 N–H and O–H groups in total. The van der Waals surface area contributed by atoms with Gasteiger partial charge in [-0.25, -0.2) is 4.98 Å². The van der Waals surface area contributed by atoms with Gasteiger partial charge < -0.3 is 5.11 Å². The van der Waals surface area contributed by atoms with E-state index in [4.69, 9.17) is 5.11 Å². The van der Waals surface area contributed by atoms with Crippen molar-refractivity contribution in [2.75, 3.05) is 0 Å². The van der Waals surface area contributed by atoms with Crippen LogP contribution in [0.2, 0.25) is 0 Å². The summed E-state index contributed by atoms with van der Waals surface area (Å²) in [5.74, 6) is 1.39.